The highest BCUT2D eigenvalue weighted by atomic mass is 15.3. The normalized spacial score (nSPS) is 14.9. The Morgan fingerprint density at radius 2 is 1.82 bits per heavy atom. The van der Waals surface area contributed by atoms with Crippen LogP contribution in [0.1, 0.15) is 32.6 Å². The van der Waals surface area contributed by atoms with E-state index in [0.717, 1.165) is 49.1 Å². The Labute approximate surface area is 132 Å². The van der Waals surface area contributed by atoms with E-state index in [2.05, 4.69) is 47.5 Å². The minimum atomic E-state index is 0.861. The Bertz CT molecular complexity index is 591. The van der Waals surface area contributed by atoms with Crippen molar-refractivity contribution in [2.45, 2.75) is 32.6 Å². The third kappa shape index (κ3) is 3.56. The van der Waals surface area contributed by atoms with Gasteiger partial charge in [-0.05, 0) is 25.7 Å². The lowest BCUT2D eigenvalue weighted by Crippen LogP contribution is -2.31. The molecule has 1 N–H and O–H groups in total. The van der Waals surface area contributed by atoms with Crippen LogP contribution in [0, 0.1) is 0 Å². The molecule has 1 aliphatic heterocycles. The molecule has 4 heteroatoms. The van der Waals surface area contributed by atoms with E-state index in [1.807, 2.05) is 6.07 Å². The molecule has 0 radical (unpaired) electrons. The van der Waals surface area contributed by atoms with Crippen molar-refractivity contribution in [2.75, 3.05) is 29.9 Å². The molecule has 1 aromatic carbocycles. The van der Waals surface area contributed by atoms with Crippen molar-refractivity contribution < 1.29 is 0 Å². The molecular formula is C18H24N4. The Balaban J connectivity index is 1.94. The summed E-state index contributed by atoms with van der Waals surface area (Å²) in [6.45, 7) is 5.22. The zero-order valence-corrected chi connectivity index (χ0v) is 13.3. The number of nitrogens with zero attached hydrogens (tertiary/aromatic N) is 3. The molecule has 0 atom stereocenters. The average Bonchev–Trinajstić information content (AvgIpc) is 2.61. The van der Waals surface area contributed by atoms with Gasteiger partial charge in [-0.3, -0.25) is 0 Å². The summed E-state index contributed by atoms with van der Waals surface area (Å²) in [5.74, 6) is 1.79. The molecule has 0 amide bonds. The van der Waals surface area contributed by atoms with Gasteiger partial charge in [0.15, 0.2) is 0 Å². The number of anilines is 2. The highest BCUT2D eigenvalue weighted by molar-refractivity contribution is 5.64. The van der Waals surface area contributed by atoms with Crippen molar-refractivity contribution in [1.82, 2.24) is 9.97 Å². The summed E-state index contributed by atoms with van der Waals surface area (Å²) in [6.07, 6.45) is 4.87. The molecule has 4 nitrogen and oxygen atoms in total. The number of rotatable bonds is 5. The lowest BCUT2D eigenvalue weighted by Gasteiger charge is -2.27. The first-order chi connectivity index (χ1) is 10.9. The highest BCUT2D eigenvalue weighted by Gasteiger charge is 2.15. The molecule has 1 aromatic heterocycles. The maximum absolute atomic E-state index is 4.81. The molecule has 0 unspecified atom stereocenters. The van der Waals surface area contributed by atoms with Crippen LogP contribution in [0.5, 0.6) is 0 Å². The molecule has 116 valence electrons. The number of hydrogen-bond donors (Lipinski definition) is 1. The van der Waals surface area contributed by atoms with Gasteiger partial charge in [0.1, 0.15) is 5.82 Å². The van der Waals surface area contributed by atoms with Gasteiger partial charge in [0, 0.05) is 31.3 Å². The fourth-order valence-electron chi connectivity index (χ4n) is 2.77. The van der Waals surface area contributed by atoms with Crippen LogP contribution in [0.4, 0.5) is 11.8 Å². The summed E-state index contributed by atoms with van der Waals surface area (Å²) in [5.41, 5.74) is 2.14. The number of benzene rings is 1. The van der Waals surface area contributed by atoms with Crippen LogP contribution >= 0.6 is 0 Å². The SMILES string of the molecule is CCCNc1cc(-c2ccccc2)nc(N2CCCCC2)n1. The second kappa shape index (κ2) is 7.25. The fraction of sp³-hybridized carbons (Fsp3) is 0.444. The van der Waals surface area contributed by atoms with Crippen molar-refractivity contribution in [3.63, 3.8) is 0 Å². The van der Waals surface area contributed by atoms with Crippen molar-refractivity contribution in [3.05, 3.63) is 36.4 Å². The van der Waals surface area contributed by atoms with Gasteiger partial charge < -0.3 is 10.2 Å². The third-order valence-corrected chi connectivity index (χ3v) is 3.98. The van der Waals surface area contributed by atoms with Crippen LogP contribution < -0.4 is 10.2 Å². The molecule has 2 aromatic rings. The molecule has 0 bridgehead atoms. The zero-order valence-electron chi connectivity index (χ0n) is 13.3. The lowest BCUT2D eigenvalue weighted by molar-refractivity contribution is 0.568. The average molecular weight is 296 g/mol. The van der Waals surface area contributed by atoms with E-state index in [1.165, 1.54) is 19.3 Å². The summed E-state index contributed by atoms with van der Waals surface area (Å²) in [6, 6.07) is 12.4. The summed E-state index contributed by atoms with van der Waals surface area (Å²) in [4.78, 5) is 11.8. The van der Waals surface area contributed by atoms with E-state index < -0.39 is 0 Å². The van der Waals surface area contributed by atoms with E-state index >= 15 is 0 Å². The largest absolute Gasteiger partial charge is 0.370 e. The van der Waals surface area contributed by atoms with Crippen LogP contribution in [0.25, 0.3) is 11.3 Å². The maximum Gasteiger partial charge on any atom is 0.227 e. The molecule has 0 spiro atoms. The first kappa shape index (κ1) is 14.8. The second-order valence-electron chi connectivity index (χ2n) is 5.78. The van der Waals surface area contributed by atoms with E-state index in [1.54, 1.807) is 0 Å². The molecule has 0 saturated carbocycles. The summed E-state index contributed by atoms with van der Waals surface area (Å²) in [5, 5.41) is 3.41. The Hall–Kier alpha value is -2.10. The van der Waals surface area contributed by atoms with Gasteiger partial charge in [-0.25, -0.2) is 4.98 Å². The molecule has 1 fully saturated rings. The topological polar surface area (TPSA) is 41.1 Å². The Morgan fingerprint density at radius 3 is 2.55 bits per heavy atom. The van der Waals surface area contributed by atoms with Crippen LogP contribution in [0.2, 0.25) is 0 Å². The molecular weight excluding hydrogens is 272 g/mol. The van der Waals surface area contributed by atoms with Crippen LogP contribution in [0.15, 0.2) is 36.4 Å². The quantitative estimate of drug-likeness (QED) is 0.907. The van der Waals surface area contributed by atoms with Gasteiger partial charge in [0.25, 0.3) is 0 Å². The third-order valence-electron chi connectivity index (χ3n) is 3.98. The minimum absolute atomic E-state index is 0.861. The number of aromatic nitrogens is 2. The van der Waals surface area contributed by atoms with Crippen LogP contribution in [0.3, 0.4) is 0 Å². The van der Waals surface area contributed by atoms with Gasteiger partial charge in [-0.2, -0.15) is 4.98 Å². The van der Waals surface area contributed by atoms with Crippen molar-refractivity contribution in [3.8, 4) is 11.3 Å². The fourth-order valence-corrected chi connectivity index (χ4v) is 2.77. The highest BCUT2D eigenvalue weighted by Crippen LogP contribution is 2.24. The van der Waals surface area contributed by atoms with Gasteiger partial charge in [-0.1, -0.05) is 37.3 Å². The van der Waals surface area contributed by atoms with E-state index in [4.69, 9.17) is 9.97 Å². The van der Waals surface area contributed by atoms with E-state index in [0.29, 0.717) is 0 Å². The summed E-state index contributed by atoms with van der Waals surface area (Å²) < 4.78 is 0. The van der Waals surface area contributed by atoms with Gasteiger partial charge in [-0.15, -0.1) is 0 Å². The maximum atomic E-state index is 4.81. The molecule has 1 aliphatic rings. The van der Waals surface area contributed by atoms with Gasteiger partial charge in [0.05, 0.1) is 5.69 Å². The Morgan fingerprint density at radius 1 is 1.05 bits per heavy atom. The lowest BCUT2D eigenvalue weighted by atomic mass is 10.1. The monoisotopic (exact) mass is 296 g/mol. The Kier molecular flexibility index (Phi) is 4.88. The smallest absolute Gasteiger partial charge is 0.227 e. The summed E-state index contributed by atoms with van der Waals surface area (Å²) in [7, 11) is 0. The van der Waals surface area contributed by atoms with E-state index in [-0.39, 0.29) is 0 Å². The van der Waals surface area contributed by atoms with Gasteiger partial charge >= 0.3 is 0 Å². The van der Waals surface area contributed by atoms with Gasteiger partial charge in [0.2, 0.25) is 5.95 Å². The zero-order chi connectivity index (χ0) is 15.2. The van der Waals surface area contributed by atoms with Crippen molar-refractivity contribution in [2.24, 2.45) is 0 Å². The van der Waals surface area contributed by atoms with Crippen LogP contribution in [-0.4, -0.2) is 29.6 Å². The number of piperidine rings is 1. The molecule has 2 heterocycles. The van der Waals surface area contributed by atoms with Crippen molar-refractivity contribution in [1.29, 1.82) is 0 Å². The molecule has 22 heavy (non-hydrogen) atoms. The van der Waals surface area contributed by atoms with Crippen LogP contribution in [-0.2, 0) is 0 Å². The second-order valence-corrected chi connectivity index (χ2v) is 5.78. The molecule has 0 aliphatic carbocycles. The summed E-state index contributed by atoms with van der Waals surface area (Å²) >= 11 is 0. The first-order valence-corrected chi connectivity index (χ1v) is 8.30. The molecule has 3 rings (SSSR count). The minimum Gasteiger partial charge on any atom is -0.370 e. The van der Waals surface area contributed by atoms with E-state index in [9.17, 15) is 0 Å². The number of nitrogens with one attached hydrogen (secondary N) is 1. The predicted octanol–water partition coefficient (Wildman–Crippen LogP) is 3.96. The number of hydrogen-bond acceptors (Lipinski definition) is 4. The first-order valence-electron chi connectivity index (χ1n) is 8.30. The standard InChI is InChI=1S/C18H24N4/c1-2-11-19-17-14-16(15-9-5-3-6-10-15)20-18(21-17)22-12-7-4-8-13-22/h3,5-6,9-10,14H,2,4,7-8,11-13H2,1H3,(H,19,20,21). The predicted molar refractivity (Wildman–Crippen MR) is 92.3 cm³/mol. The molecule has 1 saturated heterocycles. The van der Waals surface area contributed by atoms with Crippen molar-refractivity contribution >= 4 is 11.8 Å².